The van der Waals surface area contributed by atoms with Crippen molar-refractivity contribution < 1.29 is 29.1 Å². The van der Waals surface area contributed by atoms with Gasteiger partial charge in [-0.1, -0.05) is 56.7 Å². The first-order chi connectivity index (χ1) is 40.7. The third kappa shape index (κ3) is 15.2. The average Bonchev–Trinajstić information content (AvgIpc) is 2.57. The number of nitrogens with zero attached hydrogens (tertiary/aromatic N) is 10. The molecular weight excluding hydrogens is 1100 g/mol. The number of amides is 5. The fourth-order valence-electron chi connectivity index (χ4n) is 11.3. The fourth-order valence-corrected chi connectivity index (χ4v) is 12.1. The van der Waals surface area contributed by atoms with Gasteiger partial charge in [-0.15, -0.1) is 16.4 Å². The zero-order chi connectivity index (χ0) is 60.5. The fraction of sp³-hybridized carbons (Fsp3) is 0.476. The summed E-state index contributed by atoms with van der Waals surface area (Å²) < 4.78 is 3.72. The van der Waals surface area contributed by atoms with Crippen LogP contribution in [-0.4, -0.2) is 135 Å². The van der Waals surface area contributed by atoms with Crippen LogP contribution in [0, 0.1) is 26.2 Å². The number of aliphatic hydroxyl groups is 1. The van der Waals surface area contributed by atoms with E-state index < -0.39 is 29.5 Å². The molecule has 2 aromatic carbocycles. The molecule has 5 N–H and O–H groups in total. The number of hydrogen-bond donors (Lipinski definition) is 5. The first-order valence-corrected chi connectivity index (χ1v) is 30.5. The number of pyridine rings is 2. The molecule has 85 heavy (non-hydrogen) atoms. The molecule has 2 aliphatic heterocycles. The van der Waals surface area contributed by atoms with Gasteiger partial charge in [0.25, 0.3) is 11.5 Å². The Morgan fingerprint density at radius 1 is 0.835 bits per heavy atom. The Balaban J connectivity index is 0.667. The van der Waals surface area contributed by atoms with Crippen LogP contribution < -0.4 is 26.4 Å². The molecule has 0 unspecified atom stereocenters. The number of aliphatic hydroxyl groups excluding tert-OH is 1. The highest BCUT2D eigenvalue weighted by molar-refractivity contribution is 7.13. The van der Waals surface area contributed by atoms with Gasteiger partial charge in [-0.25, -0.2) is 9.97 Å². The molecule has 450 valence electrons. The summed E-state index contributed by atoms with van der Waals surface area (Å²) in [6.07, 6.45) is 9.81. The summed E-state index contributed by atoms with van der Waals surface area (Å²) in [5.41, 5.74) is 9.72. The number of hydrogen-bond acceptors (Lipinski definition) is 14. The smallest absolute Gasteiger partial charge is 0.253 e. The molecule has 22 heteroatoms. The molecule has 0 bridgehead atoms. The van der Waals surface area contributed by atoms with Gasteiger partial charge in [-0.3, -0.25) is 38.1 Å². The van der Waals surface area contributed by atoms with Gasteiger partial charge in [0.2, 0.25) is 23.6 Å². The largest absolute Gasteiger partial charge is 0.391 e. The number of likely N-dealkylation sites (tertiary alicyclic amines) is 1. The lowest BCUT2D eigenvalue weighted by Crippen LogP contribution is -2.57. The van der Waals surface area contributed by atoms with Gasteiger partial charge < -0.3 is 40.7 Å². The number of rotatable bonds is 23. The average molecular weight is 1180 g/mol. The minimum Gasteiger partial charge on any atom is -0.391 e. The van der Waals surface area contributed by atoms with Crippen molar-refractivity contribution in [3.63, 3.8) is 0 Å². The molecule has 0 aliphatic carbocycles. The maximum absolute atomic E-state index is 14.1. The monoisotopic (exact) mass is 1180 g/mol. The van der Waals surface area contributed by atoms with Crippen LogP contribution in [0.25, 0.3) is 32.5 Å². The zero-order valence-electron chi connectivity index (χ0n) is 50.1. The number of benzene rings is 2. The molecule has 7 aromatic rings. The molecule has 5 aromatic heterocycles. The second-order valence-electron chi connectivity index (χ2n) is 24.0. The molecule has 3 atom stereocenters. The second kappa shape index (κ2) is 27.3. The third-order valence-electron chi connectivity index (χ3n) is 16.1. The van der Waals surface area contributed by atoms with Crippen LogP contribution in [0.3, 0.4) is 0 Å². The minimum atomic E-state index is -0.902. The van der Waals surface area contributed by atoms with Crippen molar-refractivity contribution in [2.75, 3.05) is 37.6 Å². The Morgan fingerprint density at radius 3 is 2.28 bits per heavy atom. The lowest BCUT2D eigenvalue weighted by atomic mass is 9.85. The van der Waals surface area contributed by atoms with Crippen molar-refractivity contribution in [1.29, 1.82) is 0 Å². The molecule has 0 saturated carbocycles. The van der Waals surface area contributed by atoms with E-state index in [0.717, 1.165) is 85.8 Å². The molecule has 21 nitrogen and oxygen atoms in total. The summed E-state index contributed by atoms with van der Waals surface area (Å²) in [6, 6.07) is 16.0. The molecular formula is C63H80N14O7S. The van der Waals surface area contributed by atoms with E-state index in [2.05, 4.69) is 46.2 Å². The standard InChI is InChI=1S/C63H80N14O7S/c1-39(2)77-52-30-46(29-49(51(52)35-68-77)59(81)66-34-50-40(3)28-41(4)69-60(50)82)45-21-22-54(64-33-45)73-24-26-74(27-25-73)56(80)16-10-9-13-23-75-36-47(71-72-75)14-11-12-15-55(79)70-58(63(6,7)8)62(84)76-37-48(78)31-53(76)61(83)65-32-43-17-19-44(20-18-43)57-42(5)67-38-85-57/h17-22,28-30,33,35-36,38-39,48,53,58,78H,9-16,23-27,31-32,34,37H2,1-8H3,(H,65,83)(H,66,81)(H,69,82)(H,70,79)/t48-,53+,58+/m1/s1. The van der Waals surface area contributed by atoms with E-state index in [1.165, 1.54) is 4.90 Å². The normalized spacial score (nSPS) is 15.9. The number of thiazole rings is 1. The number of aromatic amines is 1. The SMILES string of the molecule is Cc1cc(C)c(CNC(=O)c2cc(-c3ccc(N4CCN(C(=O)CCCCCn5cc(CCCCC(=O)N[C@@H](C(=O)N6C[C@H](O)C[C@H]6C(=O)NCc6ccc(-c7scnc7C)cc6)C(C)(C)C)nn5)CC4)nc3)cc3c2cnn3C(C)C)c(=O)[nH]1. The number of piperazine rings is 1. The number of carbonyl (C=O) groups is 5. The third-order valence-corrected chi connectivity index (χ3v) is 17.0. The maximum atomic E-state index is 14.1. The Bertz CT molecular complexity index is 3550. The topological polar surface area (TPSA) is 259 Å². The van der Waals surface area contributed by atoms with Crippen LogP contribution in [0.4, 0.5) is 5.82 Å². The van der Waals surface area contributed by atoms with Crippen LogP contribution in [0.5, 0.6) is 0 Å². The molecule has 5 amide bonds. The zero-order valence-corrected chi connectivity index (χ0v) is 50.9. The highest BCUT2D eigenvalue weighted by atomic mass is 32.1. The summed E-state index contributed by atoms with van der Waals surface area (Å²) in [6.45, 7) is 18.9. The van der Waals surface area contributed by atoms with E-state index in [0.29, 0.717) is 69.5 Å². The van der Waals surface area contributed by atoms with Gasteiger partial charge in [-0.05, 0) is 125 Å². The van der Waals surface area contributed by atoms with Gasteiger partial charge in [0, 0.05) is 112 Å². The molecule has 2 aliphatic rings. The molecule has 9 rings (SSSR count). The predicted molar refractivity (Wildman–Crippen MR) is 328 cm³/mol. The van der Waals surface area contributed by atoms with E-state index in [4.69, 9.17) is 4.98 Å². The highest BCUT2D eigenvalue weighted by Crippen LogP contribution is 2.32. The molecule has 2 saturated heterocycles. The number of β-amino-alcohol motifs (C(OH)–C–C–N with tert-alkyl or cyclic N) is 1. The summed E-state index contributed by atoms with van der Waals surface area (Å²) in [7, 11) is 0. The molecule has 0 spiro atoms. The lowest BCUT2D eigenvalue weighted by Gasteiger charge is -2.35. The van der Waals surface area contributed by atoms with E-state index in [1.807, 2.05) is 142 Å². The first kappa shape index (κ1) is 61.5. The molecule has 0 radical (unpaired) electrons. The van der Waals surface area contributed by atoms with Crippen molar-refractivity contribution >= 4 is 57.6 Å². The Labute approximate surface area is 500 Å². The van der Waals surface area contributed by atoms with Crippen molar-refractivity contribution in [3.05, 3.63) is 128 Å². The van der Waals surface area contributed by atoms with Crippen LogP contribution in [0.2, 0.25) is 0 Å². The Hall–Kier alpha value is -8.11. The Kier molecular flexibility index (Phi) is 19.7. The number of carbonyl (C=O) groups excluding carboxylic acids is 5. The summed E-state index contributed by atoms with van der Waals surface area (Å²) in [5, 5.41) is 33.5. The molecule has 7 heterocycles. The number of nitrogens with one attached hydrogen (secondary N) is 4. The summed E-state index contributed by atoms with van der Waals surface area (Å²) in [5.74, 6) is -0.348. The highest BCUT2D eigenvalue weighted by Gasteiger charge is 2.44. The number of aromatic nitrogens is 8. The van der Waals surface area contributed by atoms with Crippen molar-refractivity contribution in [3.8, 4) is 21.6 Å². The number of unbranched alkanes of at least 4 members (excludes halogenated alkanes) is 3. The summed E-state index contributed by atoms with van der Waals surface area (Å²) in [4.78, 5) is 99.4. The maximum Gasteiger partial charge on any atom is 0.253 e. The van der Waals surface area contributed by atoms with Crippen molar-refractivity contribution in [1.82, 2.24) is 65.5 Å². The van der Waals surface area contributed by atoms with Crippen LogP contribution >= 0.6 is 11.3 Å². The van der Waals surface area contributed by atoms with E-state index in [9.17, 15) is 33.9 Å². The summed E-state index contributed by atoms with van der Waals surface area (Å²) >= 11 is 1.58. The lowest BCUT2D eigenvalue weighted by molar-refractivity contribution is -0.144. The van der Waals surface area contributed by atoms with Crippen molar-refractivity contribution in [2.24, 2.45) is 5.41 Å². The quantitative estimate of drug-likeness (QED) is 0.0393. The Morgan fingerprint density at radius 2 is 1.59 bits per heavy atom. The number of anilines is 1. The van der Waals surface area contributed by atoms with Gasteiger partial charge in [-0.2, -0.15) is 5.10 Å². The van der Waals surface area contributed by atoms with Crippen molar-refractivity contribution in [2.45, 2.75) is 157 Å². The van der Waals surface area contributed by atoms with E-state index >= 15 is 0 Å². The van der Waals surface area contributed by atoms with E-state index in [-0.39, 0.29) is 67.7 Å². The second-order valence-corrected chi connectivity index (χ2v) is 24.8. The van der Waals surface area contributed by atoms with E-state index in [1.54, 1.807) is 17.5 Å². The minimum absolute atomic E-state index is 0.00462. The number of fused-ring (bicyclic) bond motifs is 1. The number of H-pyrrole nitrogens is 1. The van der Waals surface area contributed by atoms with Crippen LogP contribution in [-0.2, 0) is 45.2 Å². The molecule has 2 fully saturated rings. The van der Waals surface area contributed by atoms with Gasteiger partial charge in [0.05, 0.1) is 45.2 Å². The van der Waals surface area contributed by atoms with Gasteiger partial charge >= 0.3 is 0 Å². The predicted octanol–water partition coefficient (Wildman–Crippen LogP) is 7.37. The van der Waals surface area contributed by atoms with Crippen LogP contribution in [0.15, 0.2) is 83.5 Å². The van der Waals surface area contributed by atoms with Gasteiger partial charge in [0.15, 0.2) is 0 Å². The van der Waals surface area contributed by atoms with Crippen LogP contribution in [0.1, 0.15) is 136 Å². The van der Waals surface area contributed by atoms with Gasteiger partial charge in [0.1, 0.15) is 17.9 Å². The first-order valence-electron chi connectivity index (χ1n) is 29.6. The number of aryl methyl sites for hydroxylation is 5.